The van der Waals surface area contributed by atoms with Crippen LogP contribution in [0.4, 0.5) is 0 Å². The van der Waals surface area contributed by atoms with Crippen LogP contribution in [-0.4, -0.2) is 29.8 Å². The van der Waals surface area contributed by atoms with E-state index in [0.717, 1.165) is 11.9 Å². The first-order chi connectivity index (χ1) is 7.40. The molecule has 0 aromatic rings. The average molecular weight is 230 g/mol. The minimum Gasteiger partial charge on any atom is -0.378 e. The van der Waals surface area contributed by atoms with Gasteiger partial charge in [0.05, 0.1) is 6.10 Å². The van der Waals surface area contributed by atoms with Gasteiger partial charge in [-0.15, -0.1) is 0 Å². The third kappa shape index (κ3) is 3.34. The van der Waals surface area contributed by atoms with Crippen LogP contribution in [0.3, 0.4) is 0 Å². The van der Waals surface area contributed by atoms with Crippen molar-refractivity contribution < 1.29 is 4.74 Å². The quantitative estimate of drug-likeness (QED) is 0.557. The van der Waals surface area contributed by atoms with E-state index in [0.29, 0.717) is 12.1 Å². The smallest absolute Gasteiger partial charge is 0.0576 e. The van der Waals surface area contributed by atoms with Crippen molar-refractivity contribution in [3.8, 4) is 0 Å². The lowest BCUT2D eigenvalue weighted by Gasteiger charge is -2.23. The van der Waals surface area contributed by atoms with Crippen LogP contribution in [0, 0.1) is 0 Å². The Balaban J connectivity index is 1.69. The summed E-state index contributed by atoms with van der Waals surface area (Å²) in [6.07, 6.45) is 8.01. The van der Waals surface area contributed by atoms with Crippen LogP contribution in [0.1, 0.15) is 38.5 Å². The highest BCUT2D eigenvalue weighted by Gasteiger charge is 2.26. The van der Waals surface area contributed by atoms with Gasteiger partial charge in [-0.05, 0) is 44.3 Å². The number of thioether (sulfide) groups is 1. The summed E-state index contributed by atoms with van der Waals surface area (Å²) in [4.78, 5) is 0. The van der Waals surface area contributed by atoms with Crippen LogP contribution in [-0.2, 0) is 4.74 Å². The zero-order valence-electron chi connectivity index (χ0n) is 9.28. The zero-order chi connectivity index (χ0) is 10.5. The van der Waals surface area contributed by atoms with E-state index in [9.17, 15) is 0 Å². The molecule has 0 bridgehead atoms. The van der Waals surface area contributed by atoms with Gasteiger partial charge in [-0.3, -0.25) is 11.3 Å². The second-order valence-electron chi connectivity index (χ2n) is 4.54. The molecule has 2 fully saturated rings. The highest BCUT2D eigenvalue weighted by atomic mass is 32.2. The molecular weight excluding hydrogens is 208 g/mol. The molecule has 2 saturated heterocycles. The van der Waals surface area contributed by atoms with Crippen LogP contribution in [0.25, 0.3) is 0 Å². The molecular formula is C11H22N2OS. The molecule has 0 radical (unpaired) electrons. The van der Waals surface area contributed by atoms with E-state index in [1.807, 2.05) is 0 Å². The lowest BCUT2D eigenvalue weighted by Crippen LogP contribution is -2.42. The van der Waals surface area contributed by atoms with Crippen molar-refractivity contribution in [1.29, 1.82) is 0 Å². The molecule has 0 aliphatic carbocycles. The summed E-state index contributed by atoms with van der Waals surface area (Å²) in [6, 6.07) is 0.488. The zero-order valence-corrected chi connectivity index (χ0v) is 10.1. The second-order valence-corrected chi connectivity index (χ2v) is 5.88. The number of nitrogens with one attached hydrogen (secondary N) is 1. The molecule has 2 aliphatic heterocycles. The first-order valence-electron chi connectivity index (χ1n) is 6.09. The van der Waals surface area contributed by atoms with Crippen molar-refractivity contribution in [2.24, 2.45) is 5.84 Å². The first-order valence-corrected chi connectivity index (χ1v) is 7.14. The summed E-state index contributed by atoms with van der Waals surface area (Å²) < 4.78 is 5.64. The Morgan fingerprint density at radius 1 is 1.40 bits per heavy atom. The Bertz CT molecular complexity index is 179. The third-order valence-electron chi connectivity index (χ3n) is 3.45. The van der Waals surface area contributed by atoms with Crippen LogP contribution in [0.5, 0.6) is 0 Å². The first kappa shape index (κ1) is 11.7. The Morgan fingerprint density at radius 3 is 2.93 bits per heavy atom. The van der Waals surface area contributed by atoms with E-state index in [1.165, 1.54) is 44.3 Å². The van der Waals surface area contributed by atoms with Gasteiger partial charge < -0.3 is 4.74 Å². The van der Waals surface area contributed by atoms with E-state index in [2.05, 4.69) is 17.2 Å². The van der Waals surface area contributed by atoms with Crippen LogP contribution >= 0.6 is 11.8 Å². The molecule has 88 valence electrons. The Labute approximate surface area is 96.5 Å². The molecule has 0 aromatic heterocycles. The maximum absolute atomic E-state index is 5.64. The Hall–Kier alpha value is 0.230. The van der Waals surface area contributed by atoms with Gasteiger partial charge in [0.25, 0.3) is 0 Å². The lowest BCUT2D eigenvalue weighted by atomic mass is 10.0. The van der Waals surface area contributed by atoms with E-state index >= 15 is 0 Å². The molecule has 3 unspecified atom stereocenters. The molecule has 3 atom stereocenters. The number of hydrazine groups is 1. The van der Waals surface area contributed by atoms with Crippen molar-refractivity contribution in [3.63, 3.8) is 0 Å². The molecule has 2 heterocycles. The van der Waals surface area contributed by atoms with Gasteiger partial charge in [-0.2, -0.15) is 11.8 Å². The molecule has 0 amide bonds. The molecule has 4 heteroatoms. The summed E-state index contributed by atoms with van der Waals surface area (Å²) in [6.45, 7) is 0.962. The van der Waals surface area contributed by atoms with Gasteiger partial charge in [0.15, 0.2) is 0 Å². The number of hydrogen-bond donors (Lipinski definition) is 2. The van der Waals surface area contributed by atoms with E-state index in [-0.39, 0.29) is 0 Å². The molecule has 0 aromatic carbocycles. The SMILES string of the molecule is NNC(CCC1CCCO1)C1CCCS1. The van der Waals surface area contributed by atoms with Crippen molar-refractivity contribution in [2.45, 2.75) is 55.9 Å². The number of hydrogen-bond acceptors (Lipinski definition) is 4. The molecule has 2 rings (SSSR count). The van der Waals surface area contributed by atoms with Crippen LogP contribution < -0.4 is 11.3 Å². The standard InChI is InChI=1S/C11H22N2OS/c12-13-10(11-4-2-8-15-11)6-5-9-3-1-7-14-9/h9-11,13H,1-8,12H2. The topological polar surface area (TPSA) is 47.3 Å². The van der Waals surface area contributed by atoms with E-state index < -0.39 is 0 Å². The second kappa shape index (κ2) is 6.09. The van der Waals surface area contributed by atoms with Crippen LogP contribution in [0.2, 0.25) is 0 Å². The van der Waals surface area contributed by atoms with Crippen molar-refractivity contribution in [1.82, 2.24) is 5.43 Å². The summed E-state index contributed by atoms with van der Waals surface area (Å²) in [5.41, 5.74) is 2.99. The highest BCUT2D eigenvalue weighted by Crippen LogP contribution is 2.31. The molecule has 3 N–H and O–H groups in total. The minimum atomic E-state index is 0.488. The average Bonchev–Trinajstić information content (AvgIpc) is 2.90. The molecule has 2 aliphatic rings. The summed E-state index contributed by atoms with van der Waals surface area (Å²) in [5, 5.41) is 0.733. The third-order valence-corrected chi connectivity index (χ3v) is 4.97. The van der Waals surface area contributed by atoms with Gasteiger partial charge >= 0.3 is 0 Å². The van der Waals surface area contributed by atoms with Gasteiger partial charge in [-0.25, -0.2) is 0 Å². The highest BCUT2D eigenvalue weighted by molar-refractivity contribution is 8.00. The fraction of sp³-hybridized carbons (Fsp3) is 1.00. The number of rotatable bonds is 5. The lowest BCUT2D eigenvalue weighted by molar-refractivity contribution is 0.0994. The minimum absolute atomic E-state index is 0.488. The van der Waals surface area contributed by atoms with Gasteiger partial charge in [-0.1, -0.05) is 0 Å². The summed E-state index contributed by atoms with van der Waals surface area (Å²) in [5.74, 6) is 6.94. The Kier molecular flexibility index (Phi) is 4.75. The van der Waals surface area contributed by atoms with Gasteiger partial charge in [0.1, 0.15) is 0 Å². The predicted octanol–water partition coefficient (Wildman–Crippen LogP) is 1.67. The largest absolute Gasteiger partial charge is 0.378 e. The van der Waals surface area contributed by atoms with Crippen molar-refractivity contribution in [3.05, 3.63) is 0 Å². The fourth-order valence-corrected chi connectivity index (χ4v) is 3.95. The summed E-state index contributed by atoms with van der Waals surface area (Å²) >= 11 is 2.07. The molecule has 3 nitrogen and oxygen atoms in total. The van der Waals surface area contributed by atoms with Crippen molar-refractivity contribution >= 4 is 11.8 Å². The Morgan fingerprint density at radius 2 is 2.33 bits per heavy atom. The van der Waals surface area contributed by atoms with E-state index in [4.69, 9.17) is 10.6 Å². The number of nitrogens with two attached hydrogens (primary N) is 1. The maximum Gasteiger partial charge on any atom is 0.0576 e. The van der Waals surface area contributed by atoms with Crippen molar-refractivity contribution in [2.75, 3.05) is 12.4 Å². The molecule has 0 saturated carbocycles. The monoisotopic (exact) mass is 230 g/mol. The normalized spacial score (nSPS) is 33.4. The van der Waals surface area contributed by atoms with E-state index in [1.54, 1.807) is 0 Å². The number of ether oxygens (including phenoxy) is 1. The fourth-order valence-electron chi connectivity index (χ4n) is 2.53. The van der Waals surface area contributed by atoms with Gasteiger partial charge in [0, 0.05) is 17.9 Å². The van der Waals surface area contributed by atoms with Gasteiger partial charge in [0.2, 0.25) is 0 Å². The maximum atomic E-state index is 5.64. The predicted molar refractivity (Wildman–Crippen MR) is 64.8 cm³/mol. The van der Waals surface area contributed by atoms with Crippen LogP contribution in [0.15, 0.2) is 0 Å². The molecule has 0 spiro atoms. The molecule has 15 heavy (non-hydrogen) atoms. The summed E-state index contributed by atoms with van der Waals surface area (Å²) in [7, 11) is 0.